The van der Waals surface area contributed by atoms with Crippen LogP contribution in [0.1, 0.15) is 18.4 Å². The number of aromatic hydroxyl groups is 1. The second kappa shape index (κ2) is 8.33. The third-order valence-corrected chi connectivity index (χ3v) is 4.18. The minimum atomic E-state index is -0.119. The normalized spacial score (nSPS) is 11.5. The molecule has 0 saturated carbocycles. The molecule has 140 valence electrons. The Labute approximate surface area is 165 Å². The highest BCUT2D eigenvalue weighted by Gasteiger charge is 2.13. The molecule has 0 radical (unpaired) electrons. The first-order valence-electron chi connectivity index (χ1n) is 8.02. The lowest BCUT2D eigenvalue weighted by Gasteiger charge is -2.08. The molecule has 3 rings (SSSR count). The summed E-state index contributed by atoms with van der Waals surface area (Å²) in [5.74, 6) is 1.44. The van der Waals surface area contributed by atoms with Crippen LogP contribution in [0.3, 0.4) is 0 Å². The van der Waals surface area contributed by atoms with Gasteiger partial charge in [0.05, 0.1) is 18.7 Å². The summed E-state index contributed by atoms with van der Waals surface area (Å²) in [5, 5.41) is 14.2. The highest BCUT2D eigenvalue weighted by Crippen LogP contribution is 2.36. The fourth-order valence-electron chi connectivity index (χ4n) is 2.33. The van der Waals surface area contributed by atoms with Gasteiger partial charge in [0.1, 0.15) is 10.8 Å². The number of methoxy groups -OCH3 is 1. The van der Waals surface area contributed by atoms with Crippen LogP contribution in [-0.4, -0.2) is 29.0 Å². The van der Waals surface area contributed by atoms with E-state index in [9.17, 15) is 5.11 Å². The molecule has 27 heavy (non-hydrogen) atoms. The fraction of sp³-hybridized carbons (Fsp3) is 0.158. The Morgan fingerprint density at radius 2 is 2.00 bits per heavy atom. The third-order valence-electron chi connectivity index (χ3n) is 3.62. The lowest BCUT2D eigenvalue weighted by atomic mass is 10.2. The Balaban J connectivity index is 1.87. The van der Waals surface area contributed by atoms with Crippen LogP contribution in [0.4, 0.5) is 0 Å². The van der Waals surface area contributed by atoms with Crippen LogP contribution in [0.5, 0.6) is 17.2 Å². The molecule has 0 amide bonds. The average molecular weight is 407 g/mol. The Kier molecular flexibility index (Phi) is 5.88. The maximum atomic E-state index is 9.91. The lowest BCUT2D eigenvalue weighted by molar-refractivity contribution is 0.318. The number of hydrogen-bond donors (Lipinski definition) is 1. The lowest BCUT2D eigenvalue weighted by Crippen LogP contribution is -1.92. The van der Waals surface area contributed by atoms with Crippen molar-refractivity contribution in [3.8, 4) is 28.6 Å². The number of ether oxygens (including phenoxy) is 2. The Bertz CT molecular complexity index is 968. The zero-order chi connectivity index (χ0) is 19.4. The van der Waals surface area contributed by atoms with E-state index in [2.05, 4.69) is 10.1 Å². The van der Waals surface area contributed by atoms with Crippen LogP contribution in [0.15, 0.2) is 40.9 Å². The van der Waals surface area contributed by atoms with Crippen molar-refractivity contribution in [3.05, 3.63) is 52.9 Å². The van der Waals surface area contributed by atoms with E-state index in [0.29, 0.717) is 18.0 Å². The van der Waals surface area contributed by atoms with Crippen molar-refractivity contribution < 1.29 is 19.1 Å². The molecule has 3 aromatic rings. The van der Waals surface area contributed by atoms with Crippen molar-refractivity contribution in [3.63, 3.8) is 0 Å². The largest absolute Gasteiger partial charge is 0.503 e. The highest BCUT2D eigenvalue weighted by molar-refractivity contribution is 6.50. The number of halogens is 2. The zero-order valence-corrected chi connectivity index (χ0v) is 16.1. The van der Waals surface area contributed by atoms with Crippen LogP contribution in [-0.2, 0) is 0 Å². The van der Waals surface area contributed by atoms with Gasteiger partial charge in [-0.1, -0.05) is 28.4 Å². The maximum absolute atomic E-state index is 9.91. The molecule has 0 saturated heterocycles. The summed E-state index contributed by atoms with van der Waals surface area (Å²) in [7, 11) is 1.60. The molecule has 2 aromatic carbocycles. The van der Waals surface area contributed by atoms with E-state index in [1.165, 1.54) is 0 Å². The maximum Gasteiger partial charge on any atom is 0.269 e. The molecule has 0 bridgehead atoms. The van der Waals surface area contributed by atoms with Gasteiger partial charge in [-0.15, -0.1) is 0 Å². The summed E-state index contributed by atoms with van der Waals surface area (Å²) in [6, 6.07) is 10.4. The standard InChI is InChI=1S/C19H16Cl2N2O4/c1-3-26-16-10-11(8-14(20)17(16)24)9-15(21)19-22-18(23-27-19)12-4-6-13(25-2)7-5-12/h4-10,24H,3H2,1-2H3/b15-9-. The van der Waals surface area contributed by atoms with Crippen molar-refractivity contribution in [1.82, 2.24) is 10.1 Å². The van der Waals surface area contributed by atoms with Crippen LogP contribution < -0.4 is 9.47 Å². The molecule has 6 nitrogen and oxygen atoms in total. The highest BCUT2D eigenvalue weighted by atomic mass is 35.5. The Morgan fingerprint density at radius 1 is 1.26 bits per heavy atom. The first kappa shape index (κ1) is 19.1. The minimum Gasteiger partial charge on any atom is -0.503 e. The number of phenols is 1. The van der Waals surface area contributed by atoms with Crippen LogP contribution in [0.25, 0.3) is 22.5 Å². The van der Waals surface area contributed by atoms with E-state index >= 15 is 0 Å². The summed E-state index contributed by atoms with van der Waals surface area (Å²) in [6.45, 7) is 2.20. The summed E-state index contributed by atoms with van der Waals surface area (Å²) < 4.78 is 15.7. The number of aromatic nitrogens is 2. The molecule has 0 aliphatic heterocycles. The Hall–Kier alpha value is -2.70. The van der Waals surface area contributed by atoms with Crippen molar-refractivity contribution in [1.29, 1.82) is 0 Å². The number of rotatable bonds is 6. The van der Waals surface area contributed by atoms with Crippen LogP contribution in [0, 0.1) is 0 Å². The molecule has 0 aliphatic rings. The van der Waals surface area contributed by atoms with Crippen LogP contribution in [0.2, 0.25) is 5.02 Å². The molecule has 0 unspecified atom stereocenters. The molecular formula is C19H16Cl2N2O4. The first-order valence-corrected chi connectivity index (χ1v) is 8.78. The summed E-state index contributed by atoms with van der Waals surface area (Å²) in [6.07, 6.45) is 1.60. The molecule has 0 aliphatic carbocycles. The van der Waals surface area contributed by atoms with Gasteiger partial charge in [0.15, 0.2) is 11.5 Å². The van der Waals surface area contributed by atoms with Gasteiger partial charge in [0, 0.05) is 5.56 Å². The van der Waals surface area contributed by atoms with Crippen molar-refractivity contribution in [2.24, 2.45) is 0 Å². The predicted molar refractivity (Wildman–Crippen MR) is 104 cm³/mol. The van der Waals surface area contributed by atoms with Gasteiger partial charge >= 0.3 is 0 Å². The second-order valence-electron chi connectivity index (χ2n) is 5.43. The zero-order valence-electron chi connectivity index (χ0n) is 14.6. The van der Waals surface area contributed by atoms with E-state index < -0.39 is 0 Å². The SMILES string of the molecule is CCOc1cc(/C=C(\Cl)c2nc(-c3ccc(OC)cc3)no2)cc(Cl)c1O. The molecule has 1 N–H and O–H groups in total. The van der Waals surface area contributed by atoms with E-state index in [1.54, 1.807) is 37.5 Å². The van der Waals surface area contributed by atoms with Crippen molar-refractivity contribution in [2.75, 3.05) is 13.7 Å². The van der Waals surface area contributed by atoms with E-state index in [4.69, 9.17) is 37.2 Å². The number of hydrogen-bond acceptors (Lipinski definition) is 6. The molecule has 0 atom stereocenters. The van der Waals surface area contributed by atoms with E-state index in [1.807, 2.05) is 19.1 Å². The number of phenolic OH excluding ortho intramolecular Hbond substituents is 1. The molecule has 1 aromatic heterocycles. The number of benzene rings is 2. The molecule has 0 spiro atoms. The van der Waals surface area contributed by atoms with Crippen molar-refractivity contribution >= 4 is 34.3 Å². The molecular weight excluding hydrogens is 391 g/mol. The van der Waals surface area contributed by atoms with Gasteiger partial charge in [0.2, 0.25) is 5.82 Å². The molecule has 0 fully saturated rings. The van der Waals surface area contributed by atoms with Gasteiger partial charge in [-0.3, -0.25) is 0 Å². The van der Waals surface area contributed by atoms with Gasteiger partial charge in [-0.05, 0) is 55.0 Å². The fourth-order valence-corrected chi connectivity index (χ4v) is 2.75. The summed E-state index contributed by atoms with van der Waals surface area (Å²) in [4.78, 5) is 4.30. The summed E-state index contributed by atoms with van der Waals surface area (Å²) in [5.41, 5.74) is 1.39. The molecule has 1 heterocycles. The second-order valence-corrected chi connectivity index (χ2v) is 6.24. The topological polar surface area (TPSA) is 77.6 Å². The average Bonchev–Trinajstić information content (AvgIpc) is 3.16. The van der Waals surface area contributed by atoms with E-state index in [-0.39, 0.29) is 27.4 Å². The van der Waals surface area contributed by atoms with E-state index in [0.717, 1.165) is 11.3 Å². The summed E-state index contributed by atoms with van der Waals surface area (Å²) >= 11 is 12.3. The van der Waals surface area contributed by atoms with Crippen molar-refractivity contribution in [2.45, 2.75) is 6.92 Å². The van der Waals surface area contributed by atoms with Gasteiger partial charge in [-0.2, -0.15) is 4.98 Å². The number of nitrogens with zero attached hydrogens (tertiary/aromatic N) is 2. The first-order chi connectivity index (χ1) is 13.0. The monoisotopic (exact) mass is 406 g/mol. The smallest absolute Gasteiger partial charge is 0.269 e. The van der Waals surface area contributed by atoms with Crippen LogP contribution >= 0.6 is 23.2 Å². The Morgan fingerprint density at radius 3 is 2.67 bits per heavy atom. The molecule has 8 heteroatoms. The van der Waals surface area contributed by atoms with Gasteiger partial charge < -0.3 is 19.1 Å². The van der Waals surface area contributed by atoms with Gasteiger partial charge in [-0.25, -0.2) is 0 Å². The quantitative estimate of drug-likeness (QED) is 0.602. The van der Waals surface area contributed by atoms with Gasteiger partial charge in [0.25, 0.3) is 5.89 Å². The predicted octanol–water partition coefficient (Wildman–Crippen LogP) is 5.24. The minimum absolute atomic E-state index is 0.119. The third kappa shape index (κ3) is 4.35.